The molecule has 1 aromatic rings. The van der Waals surface area contributed by atoms with Gasteiger partial charge in [0.1, 0.15) is 5.60 Å². The molecule has 1 aliphatic heterocycles. The molecule has 1 heterocycles. The number of para-hydroxylation sites is 2. The van der Waals surface area contributed by atoms with E-state index in [0.29, 0.717) is 6.54 Å². The number of benzene rings is 1. The molecule has 2 unspecified atom stereocenters. The van der Waals surface area contributed by atoms with E-state index < -0.39 is 5.60 Å². The van der Waals surface area contributed by atoms with E-state index in [2.05, 4.69) is 5.32 Å². The molecule has 0 radical (unpaired) electrons. The molecule has 0 bridgehead atoms. The molecule has 1 aromatic carbocycles. The molecule has 0 amide bonds. The molecular formula is C14H21ClNO3-. The number of fused-ring (bicyclic) bond motifs is 1. The van der Waals surface area contributed by atoms with Crippen molar-refractivity contribution in [3.8, 4) is 11.5 Å². The lowest BCUT2D eigenvalue weighted by Crippen LogP contribution is -3.00. The first-order chi connectivity index (χ1) is 8.54. The molecule has 0 saturated heterocycles. The number of ether oxygens (including phenoxy) is 2. The van der Waals surface area contributed by atoms with Crippen molar-refractivity contribution in [3.05, 3.63) is 24.3 Å². The van der Waals surface area contributed by atoms with Crippen molar-refractivity contribution in [2.45, 2.75) is 38.5 Å². The summed E-state index contributed by atoms with van der Waals surface area (Å²) in [6.45, 7) is 6.75. The minimum absolute atomic E-state index is 0. The number of hydrogen-bond donors (Lipinski definition) is 2. The molecule has 0 fully saturated rings. The molecule has 2 N–H and O–H groups in total. The lowest BCUT2D eigenvalue weighted by Gasteiger charge is -2.42. The van der Waals surface area contributed by atoms with E-state index in [4.69, 9.17) is 14.6 Å². The maximum Gasteiger partial charge on any atom is 0.162 e. The van der Waals surface area contributed by atoms with Crippen molar-refractivity contribution in [2.75, 3.05) is 13.2 Å². The maximum atomic E-state index is 8.87. The van der Waals surface area contributed by atoms with Gasteiger partial charge in [-0.05, 0) is 32.9 Å². The summed E-state index contributed by atoms with van der Waals surface area (Å²) in [5, 5.41) is 12.1. The van der Waals surface area contributed by atoms with E-state index in [1.54, 1.807) is 0 Å². The van der Waals surface area contributed by atoms with Crippen molar-refractivity contribution in [1.29, 1.82) is 0 Å². The van der Waals surface area contributed by atoms with Gasteiger partial charge >= 0.3 is 0 Å². The van der Waals surface area contributed by atoms with Gasteiger partial charge in [-0.1, -0.05) is 12.1 Å². The zero-order valence-corrected chi connectivity index (χ0v) is 12.3. The van der Waals surface area contributed by atoms with Gasteiger partial charge in [-0.15, -0.1) is 0 Å². The fourth-order valence-corrected chi connectivity index (χ4v) is 2.36. The number of rotatable bonds is 4. The number of halogens is 1. The largest absolute Gasteiger partial charge is 1.00 e. The highest BCUT2D eigenvalue weighted by Crippen LogP contribution is 2.38. The van der Waals surface area contributed by atoms with Gasteiger partial charge in [0.2, 0.25) is 0 Å². The molecule has 19 heavy (non-hydrogen) atoms. The van der Waals surface area contributed by atoms with Crippen LogP contribution in [0.2, 0.25) is 0 Å². The van der Waals surface area contributed by atoms with Crippen LogP contribution in [0.3, 0.4) is 0 Å². The lowest BCUT2D eigenvalue weighted by molar-refractivity contribution is -0.0567. The Morgan fingerprint density at radius 3 is 2.58 bits per heavy atom. The minimum Gasteiger partial charge on any atom is -1.00 e. The fourth-order valence-electron chi connectivity index (χ4n) is 2.36. The van der Waals surface area contributed by atoms with E-state index in [1.165, 1.54) is 0 Å². The summed E-state index contributed by atoms with van der Waals surface area (Å²) in [6, 6.07) is 7.80. The average molecular weight is 287 g/mol. The molecular weight excluding hydrogens is 266 g/mol. The van der Waals surface area contributed by atoms with Crippen molar-refractivity contribution in [3.63, 3.8) is 0 Å². The van der Waals surface area contributed by atoms with Gasteiger partial charge in [-0.25, -0.2) is 0 Å². The van der Waals surface area contributed by atoms with Crippen molar-refractivity contribution >= 4 is 0 Å². The lowest BCUT2D eigenvalue weighted by atomic mass is 9.94. The highest BCUT2D eigenvalue weighted by Gasteiger charge is 2.41. The first-order valence-corrected chi connectivity index (χ1v) is 6.33. The Morgan fingerprint density at radius 1 is 1.32 bits per heavy atom. The van der Waals surface area contributed by atoms with E-state index in [-0.39, 0.29) is 31.2 Å². The van der Waals surface area contributed by atoms with Crippen LogP contribution in [0.5, 0.6) is 11.5 Å². The molecule has 0 aromatic heterocycles. The van der Waals surface area contributed by atoms with Gasteiger partial charge < -0.3 is 32.3 Å². The van der Waals surface area contributed by atoms with E-state index in [0.717, 1.165) is 11.5 Å². The number of aliphatic hydroxyl groups is 1. The topological polar surface area (TPSA) is 50.7 Å². The van der Waals surface area contributed by atoms with Gasteiger partial charge in [0.25, 0.3) is 0 Å². The van der Waals surface area contributed by atoms with Gasteiger partial charge in [-0.2, -0.15) is 0 Å². The quantitative estimate of drug-likeness (QED) is 0.713. The Hall–Kier alpha value is -0.970. The van der Waals surface area contributed by atoms with Crippen LogP contribution >= 0.6 is 0 Å². The van der Waals surface area contributed by atoms with E-state index in [1.807, 2.05) is 45.0 Å². The van der Waals surface area contributed by atoms with Crippen LogP contribution < -0.4 is 27.2 Å². The Bertz CT molecular complexity index is 411. The molecule has 0 spiro atoms. The zero-order valence-electron chi connectivity index (χ0n) is 11.5. The Morgan fingerprint density at radius 2 is 1.95 bits per heavy atom. The van der Waals surface area contributed by atoms with E-state index >= 15 is 0 Å². The molecule has 2 atom stereocenters. The predicted molar refractivity (Wildman–Crippen MR) is 70.1 cm³/mol. The van der Waals surface area contributed by atoms with Gasteiger partial charge in [0.05, 0.1) is 6.61 Å². The van der Waals surface area contributed by atoms with Crippen molar-refractivity contribution in [1.82, 2.24) is 5.32 Å². The highest BCUT2D eigenvalue weighted by molar-refractivity contribution is 5.42. The highest BCUT2D eigenvalue weighted by atomic mass is 35.5. The molecule has 2 rings (SSSR count). The summed E-state index contributed by atoms with van der Waals surface area (Å²) < 4.78 is 12.0. The standard InChI is InChI=1S/C14H21NO3.ClH/c1-10(15-8-9-16)13-14(2,3)18-12-7-5-4-6-11(12)17-13;/h4-7,10,13,15-16H,8-9H2,1-3H3;1H/p-1. The van der Waals surface area contributed by atoms with Gasteiger partial charge in [0.15, 0.2) is 17.6 Å². The second-order valence-corrected chi connectivity index (χ2v) is 5.16. The first kappa shape index (κ1) is 16.1. The Labute approximate surface area is 120 Å². The SMILES string of the molecule is CC(NCCO)C1Oc2ccccc2OC1(C)C.[Cl-]. The number of nitrogens with one attached hydrogen (secondary N) is 1. The summed E-state index contributed by atoms with van der Waals surface area (Å²) in [7, 11) is 0. The third kappa shape index (κ3) is 3.53. The van der Waals surface area contributed by atoms with Crippen LogP contribution in [-0.2, 0) is 0 Å². The van der Waals surface area contributed by atoms with Crippen molar-refractivity contribution in [2.24, 2.45) is 0 Å². The van der Waals surface area contributed by atoms with Gasteiger partial charge in [-0.3, -0.25) is 0 Å². The Kier molecular flexibility index (Phi) is 5.47. The van der Waals surface area contributed by atoms with Crippen LogP contribution in [0.4, 0.5) is 0 Å². The zero-order chi connectivity index (χ0) is 13.2. The second kappa shape index (κ2) is 6.46. The summed E-state index contributed by atoms with van der Waals surface area (Å²) in [6.07, 6.45) is -0.0982. The smallest absolute Gasteiger partial charge is 0.162 e. The molecule has 1 aliphatic rings. The average Bonchev–Trinajstić information content (AvgIpc) is 2.34. The van der Waals surface area contributed by atoms with Gasteiger partial charge in [0, 0.05) is 12.6 Å². The molecule has 0 saturated carbocycles. The third-order valence-electron chi connectivity index (χ3n) is 3.19. The van der Waals surface area contributed by atoms with Crippen LogP contribution in [0.1, 0.15) is 20.8 Å². The molecule has 4 nitrogen and oxygen atoms in total. The fraction of sp³-hybridized carbons (Fsp3) is 0.571. The second-order valence-electron chi connectivity index (χ2n) is 5.16. The number of aliphatic hydroxyl groups excluding tert-OH is 1. The monoisotopic (exact) mass is 286 g/mol. The maximum absolute atomic E-state index is 8.87. The third-order valence-corrected chi connectivity index (χ3v) is 3.19. The van der Waals surface area contributed by atoms with Crippen LogP contribution in [-0.4, -0.2) is 36.0 Å². The van der Waals surface area contributed by atoms with Crippen LogP contribution in [0.25, 0.3) is 0 Å². The normalized spacial score (nSPS) is 21.4. The Balaban J connectivity index is 0.00000180. The predicted octanol–water partition coefficient (Wildman–Crippen LogP) is -1.42. The minimum atomic E-state index is -0.407. The van der Waals surface area contributed by atoms with Crippen LogP contribution in [0.15, 0.2) is 24.3 Å². The van der Waals surface area contributed by atoms with E-state index in [9.17, 15) is 0 Å². The molecule has 108 valence electrons. The first-order valence-electron chi connectivity index (χ1n) is 6.33. The summed E-state index contributed by atoms with van der Waals surface area (Å²) in [5.41, 5.74) is -0.407. The molecule has 0 aliphatic carbocycles. The summed E-state index contributed by atoms with van der Waals surface area (Å²) in [4.78, 5) is 0. The van der Waals surface area contributed by atoms with Crippen LogP contribution in [0, 0.1) is 0 Å². The summed E-state index contributed by atoms with van der Waals surface area (Å²) >= 11 is 0. The molecule has 5 heteroatoms. The van der Waals surface area contributed by atoms with Crippen molar-refractivity contribution < 1.29 is 27.0 Å². The summed E-state index contributed by atoms with van der Waals surface area (Å²) in [5.74, 6) is 1.56. The number of hydrogen-bond acceptors (Lipinski definition) is 4.